The highest BCUT2D eigenvalue weighted by molar-refractivity contribution is 7.92. The van der Waals surface area contributed by atoms with E-state index < -0.39 is 22.5 Å². The van der Waals surface area contributed by atoms with E-state index in [4.69, 9.17) is 39.5 Å². The fourth-order valence-corrected chi connectivity index (χ4v) is 6.09. The number of anilines is 1. The van der Waals surface area contributed by atoms with Crippen LogP contribution < -0.4 is 14.5 Å². The molecule has 0 unspecified atom stereocenters. The van der Waals surface area contributed by atoms with Crippen LogP contribution >= 0.6 is 34.8 Å². The standard InChI is InChI=1S/C28H25Cl3N4O4S/c1-18-14-20(19(2)35(18)26-9-5-8-25(30)28(26)31)16-32-33-27(36)17-34(22-7-4-6-21(29)15-22)40(37,38)24-12-10-23(39-3)11-13-24/h4-16H,17H2,1-3H3,(H,33,36)/b32-16-. The molecule has 0 saturated carbocycles. The Kier molecular flexibility index (Phi) is 9.10. The lowest BCUT2D eigenvalue weighted by Gasteiger charge is -2.24. The fourth-order valence-electron chi connectivity index (χ4n) is 4.11. The third-order valence-electron chi connectivity index (χ3n) is 6.07. The van der Waals surface area contributed by atoms with Crippen molar-refractivity contribution in [1.82, 2.24) is 9.99 Å². The fraction of sp³-hybridized carbons (Fsp3) is 0.143. The van der Waals surface area contributed by atoms with Crippen molar-refractivity contribution in [2.75, 3.05) is 18.0 Å². The first-order chi connectivity index (χ1) is 19.0. The molecule has 4 rings (SSSR count). The monoisotopic (exact) mass is 618 g/mol. The number of methoxy groups -OCH3 is 1. The van der Waals surface area contributed by atoms with Gasteiger partial charge in [-0.2, -0.15) is 5.10 Å². The SMILES string of the molecule is COc1ccc(S(=O)(=O)N(CC(=O)N/N=C\c2cc(C)n(-c3cccc(Cl)c3Cl)c2C)c2cccc(Cl)c2)cc1. The Hall–Kier alpha value is -3.50. The van der Waals surface area contributed by atoms with E-state index in [-0.39, 0.29) is 10.6 Å². The van der Waals surface area contributed by atoms with Gasteiger partial charge in [0.25, 0.3) is 15.9 Å². The molecular weight excluding hydrogens is 595 g/mol. The van der Waals surface area contributed by atoms with Crippen LogP contribution in [0.15, 0.2) is 82.8 Å². The molecule has 0 aliphatic carbocycles. The van der Waals surface area contributed by atoms with Crippen molar-refractivity contribution in [2.45, 2.75) is 18.7 Å². The minimum atomic E-state index is -4.14. The smallest absolute Gasteiger partial charge is 0.264 e. The van der Waals surface area contributed by atoms with Gasteiger partial charge in [-0.3, -0.25) is 9.10 Å². The molecular formula is C28H25Cl3N4O4S. The zero-order valence-corrected chi connectivity index (χ0v) is 24.8. The van der Waals surface area contributed by atoms with Crippen molar-refractivity contribution in [2.24, 2.45) is 5.10 Å². The Morgan fingerprint density at radius 3 is 2.40 bits per heavy atom. The Labute approximate surface area is 247 Å². The zero-order valence-electron chi connectivity index (χ0n) is 21.7. The third kappa shape index (κ3) is 6.28. The maximum absolute atomic E-state index is 13.5. The molecule has 12 heteroatoms. The quantitative estimate of drug-likeness (QED) is 0.173. The highest BCUT2D eigenvalue weighted by atomic mass is 35.5. The number of benzene rings is 3. The molecule has 0 aliphatic rings. The summed E-state index contributed by atoms with van der Waals surface area (Å²) < 4.78 is 35.1. The molecule has 3 aromatic carbocycles. The Balaban J connectivity index is 1.57. The van der Waals surface area contributed by atoms with E-state index in [1.165, 1.54) is 43.7 Å². The predicted octanol–water partition coefficient (Wildman–Crippen LogP) is 6.41. The molecule has 4 aromatic rings. The number of nitrogens with zero attached hydrogens (tertiary/aromatic N) is 3. The second kappa shape index (κ2) is 12.3. The summed E-state index contributed by atoms with van der Waals surface area (Å²) in [5, 5.41) is 5.24. The maximum atomic E-state index is 13.5. The lowest BCUT2D eigenvalue weighted by Crippen LogP contribution is -2.39. The van der Waals surface area contributed by atoms with Gasteiger partial charge in [0.15, 0.2) is 0 Å². The topological polar surface area (TPSA) is 93.0 Å². The van der Waals surface area contributed by atoms with Gasteiger partial charge in [0, 0.05) is 22.0 Å². The molecule has 1 amide bonds. The van der Waals surface area contributed by atoms with Crippen molar-refractivity contribution in [3.63, 3.8) is 0 Å². The number of amides is 1. The third-order valence-corrected chi connectivity index (χ3v) is 8.90. The van der Waals surface area contributed by atoms with Crippen LogP contribution in [0, 0.1) is 13.8 Å². The second-order valence-electron chi connectivity index (χ2n) is 8.70. The number of halogens is 3. The highest BCUT2D eigenvalue weighted by Gasteiger charge is 2.27. The first kappa shape index (κ1) is 29.5. The minimum absolute atomic E-state index is 0.0170. The van der Waals surface area contributed by atoms with Crippen LogP contribution in [0.25, 0.3) is 5.69 Å². The highest BCUT2D eigenvalue weighted by Crippen LogP contribution is 2.31. The number of carbonyl (C=O) groups is 1. The minimum Gasteiger partial charge on any atom is -0.497 e. The van der Waals surface area contributed by atoms with Gasteiger partial charge in [-0.1, -0.05) is 46.9 Å². The number of hydrogen-bond acceptors (Lipinski definition) is 5. The van der Waals surface area contributed by atoms with Crippen LogP contribution in [-0.2, 0) is 14.8 Å². The van der Waals surface area contributed by atoms with Crippen LogP contribution in [0.4, 0.5) is 5.69 Å². The molecule has 0 spiro atoms. The normalized spacial score (nSPS) is 11.6. The van der Waals surface area contributed by atoms with Crippen molar-refractivity contribution in [3.8, 4) is 11.4 Å². The van der Waals surface area contributed by atoms with Gasteiger partial charge in [-0.25, -0.2) is 13.8 Å². The summed E-state index contributed by atoms with van der Waals surface area (Å²) in [5.41, 5.74) is 5.79. The molecule has 0 atom stereocenters. The largest absolute Gasteiger partial charge is 0.497 e. The summed E-state index contributed by atoms with van der Waals surface area (Å²) in [6.07, 6.45) is 1.48. The van der Waals surface area contributed by atoms with E-state index in [2.05, 4.69) is 10.5 Å². The van der Waals surface area contributed by atoms with Crippen LogP contribution in [0.1, 0.15) is 17.0 Å². The molecule has 0 aliphatic heterocycles. The Morgan fingerprint density at radius 1 is 1.02 bits per heavy atom. The van der Waals surface area contributed by atoms with E-state index in [1.807, 2.05) is 36.6 Å². The Bertz CT molecular complexity index is 1690. The van der Waals surface area contributed by atoms with Crippen LogP contribution in [-0.4, -0.2) is 38.8 Å². The molecule has 1 aromatic heterocycles. The van der Waals surface area contributed by atoms with Gasteiger partial charge in [-0.05, 0) is 74.5 Å². The van der Waals surface area contributed by atoms with Crippen LogP contribution in [0.3, 0.4) is 0 Å². The van der Waals surface area contributed by atoms with Crippen LogP contribution in [0.2, 0.25) is 15.1 Å². The average Bonchev–Trinajstić information content (AvgIpc) is 3.21. The summed E-state index contributed by atoms with van der Waals surface area (Å²) in [5.74, 6) is -0.155. The van der Waals surface area contributed by atoms with E-state index in [9.17, 15) is 13.2 Å². The summed E-state index contributed by atoms with van der Waals surface area (Å²) in [6, 6.07) is 19.4. The number of sulfonamides is 1. The van der Waals surface area contributed by atoms with E-state index >= 15 is 0 Å². The lowest BCUT2D eigenvalue weighted by atomic mass is 10.2. The summed E-state index contributed by atoms with van der Waals surface area (Å²) >= 11 is 18.7. The Morgan fingerprint density at radius 2 is 1.73 bits per heavy atom. The van der Waals surface area contributed by atoms with Gasteiger partial charge in [0.1, 0.15) is 12.3 Å². The molecule has 208 valence electrons. The van der Waals surface area contributed by atoms with Crippen molar-refractivity contribution >= 4 is 62.6 Å². The molecule has 0 radical (unpaired) electrons. The van der Waals surface area contributed by atoms with E-state index in [0.717, 1.165) is 21.3 Å². The summed E-state index contributed by atoms with van der Waals surface area (Å²) in [6.45, 7) is 3.26. The average molecular weight is 620 g/mol. The summed E-state index contributed by atoms with van der Waals surface area (Å²) in [4.78, 5) is 12.9. The number of hydrogen-bond donors (Lipinski definition) is 1. The second-order valence-corrected chi connectivity index (χ2v) is 11.8. The molecule has 0 fully saturated rings. The predicted molar refractivity (Wildman–Crippen MR) is 160 cm³/mol. The number of hydrazone groups is 1. The molecule has 0 bridgehead atoms. The lowest BCUT2D eigenvalue weighted by molar-refractivity contribution is -0.119. The number of aromatic nitrogens is 1. The first-order valence-electron chi connectivity index (χ1n) is 11.9. The van der Waals surface area contributed by atoms with Crippen LogP contribution in [0.5, 0.6) is 5.75 Å². The molecule has 0 saturated heterocycles. The number of aryl methyl sites for hydroxylation is 1. The van der Waals surface area contributed by atoms with E-state index in [1.54, 1.807) is 24.3 Å². The van der Waals surface area contributed by atoms with Crippen molar-refractivity contribution in [1.29, 1.82) is 0 Å². The summed E-state index contributed by atoms with van der Waals surface area (Å²) in [7, 11) is -2.65. The molecule has 1 N–H and O–H groups in total. The van der Waals surface area contributed by atoms with Gasteiger partial charge >= 0.3 is 0 Å². The van der Waals surface area contributed by atoms with Gasteiger partial charge in [-0.15, -0.1) is 0 Å². The number of ether oxygens (including phenoxy) is 1. The van der Waals surface area contributed by atoms with Gasteiger partial charge < -0.3 is 9.30 Å². The van der Waals surface area contributed by atoms with Crippen molar-refractivity contribution < 1.29 is 17.9 Å². The molecule has 8 nitrogen and oxygen atoms in total. The van der Waals surface area contributed by atoms with E-state index in [0.29, 0.717) is 26.5 Å². The molecule has 1 heterocycles. The zero-order chi connectivity index (χ0) is 29.0. The van der Waals surface area contributed by atoms with Gasteiger partial charge in [0.2, 0.25) is 0 Å². The number of nitrogens with one attached hydrogen (secondary N) is 1. The number of rotatable bonds is 9. The maximum Gasteiger partial charge on any atom is 0.264 e. The van der Waals surface area contributed by atoms with Crippen molar-refractivity contribution in [3.05, 3.63) is 105 Å². The number of carbonyl (C=O) groups excluding carboxylic acids is 1. The first-order valence-corrected chi connectivity index (χ1v) is 14.5. The molecule has 40 heavy (non-hydrogen) atoms. The van der Waals surface area contributed by atoms with Gasteiger partial charge in [0.05, 0.1) is 39.6 Å².